The van der Waals surface area contributed by atoms with Crippen molar-refractivity contribution in [3.63, 3.8) is 0 Å². The molecule has 3 aliphatic rings. The van der Waals surface area contributed by atoms with Gasteiger partial charge in [0.05, 0.1) is 11.4 Å². The van der Waals surface area contributed by atoms with Crippen LogP contribution in [0.5, 0.6) is 0 Å². The average molecular weight is 343 g/mol. The molecule has 0 amide bonds. The summed E-state index contributed by atoms with van der Waals surface area (Å²) in [6, 6.07) is 7.57. The minimum Gasteiger partial charge on any atom is -0.475 e. The van der Waals surface area contributed by atoms with Gasteiger partial charge in [-0.3, -0.25) is 0 Å². The number of carboxylic acids is 1. The first kappa shape index (κ1) is 16.9. The summed E-state index contributed by atoms with van der Waals surface area (Å²) < 4.78 is 31.7. The van der Waals surface area contributed by atoms with E-state index in [9.17, 15) is 13.2 Å². The number of halogens is 3. The predicted octanol–water partition coefficient (Wildman–Crippen LogP) is 2.21. The molecule has 1 aromatic rings. The number of para-hydroxylation sites is 1. The highest BCUT2D eigenvalue weighted by Crippen LogP contribution is 2.41. The molecular weight excluding hydrogens is 323 g/mol. The van der Waals surface area contributed by atoms with Crippen LogP contribution in [0.1, 0.15) is 18.4 Å². The molecule has 0 bridgehead atoms. The van der Waals surface area contributed by atoms with E-state index in [0.717, 1.165) is 25.7 Å². The van der Waals surface area contributed by atoms with E-state index < -0.39 is 12.1 Å². The Morgan fingerprint density at radius 2 is 2.04 bits per heavy atom. The third-order valence-corrected chi connectivity index (χ3v) is 4.65. The van der Waals surface area contributed by atoms with Crippen LogP contribution in [0.15, 0.2) is 18.2 Å². The summed E-state index contributed by atoms with van der Waals surface area (Å²) in [6.45, 7) is 5.78. The van der Waals surface area contributed by atoms with Crippen LogP contribution in [0.3, 0.4) is 0 Å². The molecule has 0 unspecified atom stereocenters. The van der Waals surface area contributed by atoms with Crippen LogP contribution >= 0.6 is 0 Å². The second kappa shape index (κ2) is 6.51. The van der Waals surface area contributed by atoms with Crippen LogP contribution in [0.25, 0.3) is 0 Å². The van der Waals surface area contributed by atoms with Crippen LogP contribution in [0, 0.1) is 0 Å². The molecule has 1 atom stereocenters. The summed E-state index contributed by atoms with van der Waals surface area (Å²) in [5, 5.41) is 10.7. The van der Waals surface area contributed by atoms with E-state index in [1.54, 1.807) is 0 Å². The topological polar surface area (TPSA) is 55.8 Å². The van der Waals surface area contributed by atoms with Gasteiger partial charge in [-0.1, -0.05) is 12.1 Å². The van der Waals surface area contributed by atoms with Gasteiger partial charge in [-0.25, -0.2) is 4.79 Å². The van der Waals surface area contributed by atoms with E-state index in [4.69, 9.17) is 9.90 Å². The zero-order valence-corrected chi connectivity index (χ0v) is 13.1. The monoisotopic (exact) mass is 343 g/mol. The maximum absolute atomic E-state index is 10.6. The highest BCUT2D eigenvalue weighted by molar-refractivity contribution is 5.78. The molecule has 5 nitrogen and oxygen atoms in total. The van der Waals surface area contributed by atoms with Gasteiger partial charge in [-0.15, -0.1) is 0 Å². The Balaban J connectivity index is 0.000000209. The van der Waals surface area contributed by atoms with Crippen molar-refractivity contribution in [3.8, 4) is 0 Å². The van der Waals surface area contributed by atoms with Crippen LogP contribution in [0.4, 0.5) is 24.5 Å². The molecule has 24 heavy (non-hydrogen) atoms. The molecule has 3 heterocycles. The van der Waals surface area contributed by atoms with Crippen LogP contribution in [-0.4, -0.2) is 49.5 Å². The quantitative estimate of drug-likeness (QED) is 0.756. The molecule has 1 saturated heterocycles. The van der Waals surface area contributed by atoms with Crippen molar-refractivity contribution in [2.75, 3.05) is 36.0 Å². The summed E-state index contributed by atoms with van der Waals surface area (Å²) >= 11 is 0. The number of hydrogen-bond donors (Lipinski definition) is 2. The van der Waals surface area contributed by atoms with Gasteiger partial charge >= 0.3 is 12.1 Å². The third kappa shape index (κ3) is 3.28. The molecule has 0 spiro atoms. The number of carboxylic acid groups (broad SMARTS) is 1. The number of nitrogens with one attached hydrogen (secondary N) is 1. The average Bonchev–Trinajstić information content (AvgIpc) is 2.90. The maximum atomic E-state index is 10.6. The van der Waals surface area contributed by atoms with Gasteiger partial charge < -0.3 is 20.2 Å². The molecule has 132 valence electrons. The van der Waals surface area contributed by atoms with Gasteiger partial charge in [0.2, 0.25) is 0 Å². The molecule has 8 heteroatoms. The number of anilines is 2. The molecule has 0 radical (unpaired) electrons. The zero-order chi connectivity index (χ0) is 17.3. The summed E-state index contributed by atoms with van der Waals surface area (Å²) in [5.74, 6) is -2.76. The lowest BCUT2D eigenvalue weighted by Crippen LogP contribution is -2.46. The number of nitrogens with zero attached hydrogens (tertiary/aromatic N) is 2. The van der Waals surface area contributed by atoms with Crippen LogP contribution < -0.4 is 15.1 Å². The summed E-state index contributed by atoms with van der Waals surface area (Å²) in [5.41, 5.74) is 4.47. The Morgan fingerprint density at radius 3 is 2.75 bits per heavy atom. The Labute approximate surface area is 138 Å². The van der Waals surface area contributed by atoms with Gasteiger partial charge in [0.25, 0.3) is 0 Å². The predicted molar refractivity (Wildman–Crippen MR) is 84.4 cm³/mol. The van der Waals surface area contributed by atoms with E-state index in [0.29, 0.717) is 0 Å². The smallest absolute Gasteiger partial charge is 0.475 e. The molecular formula is C16H20F3N3O2. The van der Waals surface area contributed by atoms with Crippen molar-refractivity contribution in [1.29, 1.82) is 0 Å². The number of carbonyl (C=O) groups is 1. The lowest BCUT2D eigenvalue weighted by atomic mass is 10.0. The molecule has 0 aromatic heterocycles. The molecule has 2 N–H and O–H groups in total. The SMILES string of the molecule is O=C(O)C(F)(F)F.c1cc2c3c(c1)N1CCC[C@@H]1CN3CCNC2. The summed E-state index contributed by atoms with van der Waals surface area (Å²) in [6.07, 6.45) is -2.35. The first-order valence-corrected chi connectivity index (χ1v) is 8.02. The Hall–Kier alpha value is -1.96. The van der Waals surface area contributed by atoms with Crippen molar-refractivity contribution < 1.29 is 23.1 Å². The molecule has 4 rings (SSSR count). The first-order valence-electron chi connectivity index (χ1n) is 8.02. The Kier molecular flexibility index (Phi) is 4.58. The molecule has 1 fully saturated rings. The van der Waals surface area contributed by atoms with E-state index in [2.05, 4.69) is 33.3 Å². The maximum Gasteiger partial charge on any atom is 0.490 e. The number of alkyl halides is 3. The number of benzene rings is 1. The molecule has 1 aromatic carbocycles. The standard InChI is InChI=1S/C14H19N3.C2HF3O2/c1-3-11-9-15-6-8-16-10-12-4-2-7-17(12)13(5-1)14(11)16;3-2(4,5)1(6)7/h1,3,5,12,15H,2,4,6-10H2;(H,6,7)/t12-;/m1./s1. The van der Waals surface area contributed by atoms with Crippen LogP contribution in [0.2, 0.25) is 0 Å². The highest BCUT2D eigenvalue weighted by Gasteiger charge is 2.38. The third-order valence-electron chi connectivity index (χ3n) is 4.65. The Bertz CT molecular complexity index is 621. The number of fused-ring (bicyclic) bond motifs is 2. The van der Waals surface area contributed by atoms with Gasteiger partial charge in [0.15, 0.2) is 0 Å². The van der Waals surface area contributed by atoms with Crippen molar-refractivity contribution in [1.82, 2.24) is 5.32 Å². The van der Waals surface area contributed by atoms with E-state index in [1.165, 1.54) is 42.9 Å². The zero-order valence-electron chi connectivity index (χ0n) is 13.1. The van der Waals surface area contributed by atoms with E-state index >= 15 is 0 Å². The first-order chi connectivity index (χ1) is 11.4. The van der Waals surface area contributed by atoms with Crippen molar-refractivity contribution in [3.05, 3.63) is 23.8 Å². The van der Waals surface area contributed by atoms with E-state index in [1.807, 2.05) is 0 Å². The lowest BCUT2D eigenvalue weighted by Gasteiger charge is -2.41. The van der Waals surface area contributed by atoms with Gasteiger partial charge in [0.1, 0.15) is 0 Å². The van der Waals surface area contributed by atoms with Crippen molar-refractivity contribution >= 4 is 17.3 Å². The summed E-state index contributed by atoms with van der Waals surface area (Å²) in [7, 11) is 0. The second-order valence-corrected chi connectivity index (χ2v) is 6.20. The van der Waals surface area contributed by atoms with Gasteiger partial charge in [-0.05, 0) is 24.5 Å². The minimum atomic E-state index is -5.08. The lowest BCUT2D eigenvalue weighted by molar-refractivity contribution is -0.192. The van der Waals surface area contributed by atoms with Gasteiger partial charge in [-0.2, -0.15) is 13.2 Å². The second-order valence-electron chi connectivity index (χ2n) is 6.20. The number of aliphatic carboxylic acids is 1. The van der Waals surface area contributed by atoms with Crippen molar-refractivity contribution in [2.45, 2.75) is 31.6 Å². The van der Waals surface area contributed by atoms with Gasteiger partial charge in [0, 0.05) is 38.8 Å². The van der Waals surface area contributed by atoms with Crippen LogP contribution in [-0.2, 0) is 11.3 Å². The highest BCUT2D eigenvalue weighted by atomic mass is 19.4. The Morgan fingerprint density at radius 1 is 1.29 bits per heavy atom. The number of hydrogen-bond acceptors (Lipinski definition) is 4. The summed E-state index contributed by atoms with van der Waals surface area (Å²) in [4.78, 5) is 14.1. The fraction of sp³-hybridized carbons (Fsp3) is 0.562. The minimum absolute atomic E-state index is 0.760. The van der Waals surface area contributed by atoms with Crippen molar-refractivity contribution in [2.24, 2.45) is 0 Å². The van der Waals surface area contributed by atoms with E-state index in [-0.39, 0.29) is 0 Å². The fourth-order valence-corrected chi connectivity index (χ4v) is 3.65. The normalized spacial score (nSPS) is 22.0. The molecule has 3 aliphatic heterocycles. The molecule has 0 saturated carbocycles. The largest absolute Gasteiger partial charge is 0.490 e. The number of rotatable bonds is 0. The molecule has 0 aliphatic carbocycles. The fourth-order valence-electron chi connectivity index (χ4n) is 3.65.